The number of hydrogen-bond donors (Lipinski definition) is 17. The van der Waals surface area contributed by atoms with Crippen LogP contribution in [-0.4, -0.2) is 156 Å². The summed E-state index contributed by atoms with van der Waals surface area (Å²) in [5.74, 6) is -8.63. The highest BCUT2D eigenvalue weighted by atomic mass is 16.4. The Bertz CT molecular complexity index is 2470. The first-order valence-electron chi connectivity index (χ1n) is 26.8. The van der Waals surface area contributed by atoms with E-state index >= 15 is 0 Å². The Balaban J connectivity index is 2.45. The number of carbonyl (C=O) groups is 9. The van der Waals surface area contributed by atoms with E-state index in [0.717, 1.165) is 10.9 Å². The van der Waals surface area contributed by atoms with Crippen molar-refractivity contribution in [2.45, 2.75) is 148 Å². The number of nitrogens with one attached hydrogen (secondary N) is 9. The summed E-state index contributed by atoms with van der Waals surface area (Å²) in [6.45, 7) is 9.85. The normalized spacial score (nSPS) is 14.1. The largest absolute Gasteiger partial charge is 0.480 e. The van der Waals surface area contributed by atoms with Crippen LogP contribution in [0.3, 0.4) is 0 Å². The lowest BCUT2D eigenvalue weighted by atomic mass is 9.97. The molecule has 29 heteroatoms. The average Bonchev–Trinajstić information content (AvgIpc) is 3.80. The number of aromatic amines is 1. The number of aromatic nitrogens is 1. The van der Waals surface area contributed by atoms with E-state index in [4.69, 9.17) is 45.2 Å². The molecular weight excluding hydrogens is 1040 g/mol. The molecule has 1 heterocycles. The second kappa shape index (κ2) is 35.3. The fraction of sp³-hybridized carbons (Fsp3) is 0.608. The first-order valence-corrected chi connectivity index (χ1v) is 26.8. The van der Waals surface area contributed by atoms with Crippen molar-refractivity contribution < 1.29 is 48.3 Å². The van der Waals surface area contributed by atoms with Crippen LogP contribution in [0.5, 0.6) is 0 Å². The van der Waals surface area contributed by atoms with Gasteiger partial charge in [-0.25, -0.2) is 0 Å². The molecule has 8 amide bonds. The maximum absolute atomic E-state index is 14.7. The minimum absolute atomic E-state index is 0.00896. The van der Waals surface area contributed by atoms with Gasteiger partial charge in [-0.15, -0.1) is 0 Å². The Morgan fingerprint density at radius 2 is 1.00 bits per heavy atom. The molecule has 0 aliphatic rings. The minimum Gasteiger partial charge on any atom is -0.480 e. The van der Waals surface area contributed by atoms with E-state index in [2.05, 4.69) is 62.5 Å². The number of aliphatic carboxylic acids is 1. The SMILES string of the molecule is CC[C@H](C)[C@H](NC(=O)[C@H](CCCN=C(N)N)NC(=O)[C@H](CC(C)C)NC(=O)[C@H](Cc1c[nH]c2ccccc12)NC(=O)[C@H](CC(C)C)NC(=O)[C@@H](N)CCCN=C(N)N)C(=O)NCC(=O)N[C@@H](CCCN=C(N)N)C(=O)NCC(=O)O. The number of hydrogen-bond acceptors (Lipinski definition) is 13. The second-order valence-electron chi connectivity index (χ2n) is 20.3. The summed E-state index contributed by atoms with van der Waals surface area (Å²) in [6.07, 6.45) is 3.23. The Morgan fingerprint density at radius 1 is 0.550 bits per heavy atom. The molecule has 2 aromatic rings. The molecule has 0 aliphatic heterocycles. The van der Waals surface area contributed by atoms with Crippen molar-refractivity contribution in [1.82, 2.24) is 47.5 Å². The van der Waals surface area contributed by atoms with Gasteiger partial charge in [-0.3, -0.25) is 58.1 Å². The molecule has 0 radical (unpaired) electrons. The highest BCUT2D eigenvalue weighted by Crippen LogP contribution is 2.20. The Hall–Kier alpha value is -8.24. The predicted molar refractivity (Wildman–Crippen MR) is 303 cm³/mol. The van der Waals surface area contributed by atoms with Gasteiger partial charge in [-0.1, -0.05) is 66.2 Å². The lowest BCUT2D eigenvalue weighted by Gasteiger charge is -2.29. The molecule has 1 aromatic heterocycles. The Labute approximate surface area is 466 Å². The summed E-state index contributed by atoms with van der Waals surface area (Å²) in [7, 11) is 0. The summed E-state index contributed by atoms with van der Waals surface area (Å²) in [5, 5.41) is 30.8. The number of carboxylic acids is 1. The number of carboxylic acid groups (broad SMARTS) is 1. The van der Waals surface area contributed by atoms with Crippen LogP contribution in [-0.2, 0) is 49.6 Å². The number of nitrogens with two attached hydrogens (primary N) is 7. The summed E-state index contributed by atoms with van der Waals surface area (Å²) in [5.41, 5.74) is 40.3. The van der Waals surface area contributed by atoms with Crippen molar-refractivity contribution in [2.24, 2.45) is 72.9 Å². The van der Waals surface area contributed by atoms with Crippen LogP contribution in [0.25, 0.3) is 10.9 Å². The molecule has 2 rings (SSSR count). The molecule has 80 heavy (non-hydrogen) atoms. The molecule has 24 N–H and O–H groups in total. The van der Waals surface area contributed by atoms with Gasteiger partial charge >= 0.3 is 5.97 Å². The molecule has 0 saturated heterocycles. The lowest BCUT2D eigenvalue weighted by Crippen LogP contribution is -2.60. The summed E-state index contributed by atoms with van der Waals surface area (Å²) >= 11 is 0. The van der Waals surface area contributed by atoms with Gasteiger partial charge < -0.3 is 92.8 Å². The number of carbonyl (C=O) groups excluding carboxylic acids is 8. The molecule has 0 fully saturated rings. The first-order chi connectivity index (χ1) is 37.7. The topological polar surface area (TPSA) is 505 Å². The van der Waals surface area contributed by atoms with Crippen LogP contribution >= 0.6 is 0 Å². The number of rotatable bonds is 37. The predicted octanol–water partition coefficient (Wildman–Crippen LogP) is -3.44. The van der Waals surface area contributed by atoms with Crippen molar-refractivity contribution in [1.29, 1.82) is 0 Å². The average molecular weight is 1130 g/mol. The third-order valence-electron chi connectivity index (χ3n) is 12.5. The fourth-order valence-corrected chi connectivity index (χ4v) is 8.19. The third-order valence-corrected chi connectivity index (χ3v) is 12.5. The maximum atomic E-state index is 14.7. The standard InChI is InChI=1S/C51H87N19O10/c1-7-29(6)41(48(80)63-25-39(71)65-34(16-11-19-60-50(55)56)43(75)64-26-40(72)73)70-44(76)35(17-12-20-61-51(57)58)66-45(77)37(22-28(4)5)68-47(79)38(23-30-24-62-33-15-9-8-13-31(30)33)69-46(78)36(21-27(2)3)67-42(74)32(52)14-10-18-59-49(53)54/h8-9,13,15,24,27-29,32,34-38,41,62H,7,10-12,14,16-23,25-26,52H2,1-6H3,(H,63,80)(H,64,75)(H,65,71)(H,66,77)(H,67,74)(H,68,79)(H,69,78)(H,70,76)(H,72,73)(H4,53,54,59)(H4,55,56,60)(H4,57,58,61)/t29-,32-,34-,35-,36-,37-,38-,41-/m0/s1. The van der Waals surface area contributed by atoms with Crippen molar-refractivity contribution in [2.75, 3.05) is 32.7 Å². The van der Waals surface area contributed by atoms with Crippen LogP contribution in [0.2, 0.25) is 0 Å². The third kappa shape index (κ3) is 25.9. The van der Waals surface area contributed by atoms with E-state index in [0.29, 0.717) is 18.4 Å². The number of para-hydroxylation sites is 1. The monoisotopic (exact) mass is 1130 g/mol. The van der Waals surface area contributed by atoms with Gasteiger partial charge in [0.2, 0.25) is 47.3 Å². The highest BCUT2D eigenvalue weighted by Gasteiger charge is 2.35. The van der Waals surface area contributed by atoms with Crippen LogP contribution in [0.15, 0.2) is 45.4 Å². The van der Waals surface area contributed by atoms with Gasteiger partial charge in [-0.05, 0) is 80.8 Å². The van der Waals surface area contributed by atoms with E-state index in [-0.39, 0.29) is 101 Å². The number of fused-ring (bicyclic) bond motifs is 1. The zero-order chi connectivity index (χ0) is 60.1. The molecule has 0 bridgehead atoms. The smallest absolute Gasteiger partial charge is 0.322 e. The Kier molecular flexibility index (Phi) is 30.0. The number of guanidine groups is 3. The summed E-state index contributed by atoms with van der Waals surface area (Å²) < 4.78 is 0. The van der Waals surface area contributed by atoms with E-state index in [1.165, 1.54) is 0 Å². The summed E-state index contributed by atoms with van der Waals surface area (Å²) in [4.78, 5) is 137. The number of aliphatic imine (C=N–C) groups is 3. The molecule has 0 spiro atoms. The maximum Gasteiger partial charge on any atom is 0.322 e. The molecule has 8 atom stereocenters. The number of benzene rings is 1. The number of amides is 8. The molecular formula is C51H87N19O10. The van der Waals surface area contributed by atoms with Gasteiger partial charge in [0, 0.05) is 43.2 Å². The van der Waals surface area contributed by atoms with E-state index in [1.54, 1.807) is 20.0 Å². The molecule has 0 saturated carbocycles. The fourth-order valence-electron chi connectivity index (χ4n) is 8.19. The van der Waals surface area contributed by atoms with Gasteiger partial charge in [-0.2, -0.15) is 0 Å². The molecule has 29 nitrogen and oxygen atoms in total. The van der Waals surface area contributed by atoms with Gasteiger partial charge in [0.15, 0.2) is 17.9 Å². The second-order valence-corrected chi connectivity index (χ2v) is 20.3. The van der Waals surface area contributed by atoms with Crippen molar-refractivity contribution in [3.8, 4) is 0 Å². The van der Waals surface area contributed by atoms with Crippen LogP contribution in [0.4, 0.5) is 0 Å². The number of nitrogens with zero attached hydrogens (tertiary/aromatic N) is 3. The van der Waals surface area contributed by atoms with E-state index in [9.17, 15) is 43.2 Å². The van der Waals surface area contributed by atoms with Crippen molar-refractivity contribution in [3.63, 3.8) is 0 Å². The molecule has 1 aromatic carbocycles. The van der Waals surface area contributed by atoms with Gasteiger partial charge in [0.05, 0.1) is 12.6 Å². The Morgan fingerprint density at radius 3 is 1.51 bits per heavy atom. The van der Waals surface area contributed by atoms with Gasteiger partial charge in [0.1, 0.15) is 42.8 Å². The van der Waals surface area contributed by atoms with Crippen LogP contribution < -0.4 is 82.7 Å². The molecule has 0 aliphatic carbocycles. The first kappa shape index (κ1) is 67.9. The zero-order valence-corrected chi connectivity index (χ0v) is 46.8. The summed E-state index contributed by atoms with van der Waals surface area (Å²) in [6, 6.07) is -1.18. The quantitative estimate of drug-likeness (QED) is 0.0178. The van der Waals surface area contributed by atoms with Crippen LogP contribution in [0.1, 0.15) is 105 Å². The highest BCUT2D eigenvalue weighted by molar-refractivity contribution is 5.98. The van der Waals surface area contributed by atoms with Crippen molar-refractivity contribution in [3.05, 3.63) is 36.0 Å². The van der Waals surface area contributed by atoms with Crippen molar-refractivity contribution >= 4 is 82.0 Å². The zero-order valence-electron chi connectivity index (χ0n) is 46.8. The minimum atomic E-state index is -1.34. The van der Waals surface area contributed by atoms with E-state index in [1.807, 2.05) is 52.0 Å². The number of H-pyrrole nitrogens is 1. The molecule has 446 valence electrons. The molecule has 0 unspecified atom stereocenters. The lowest BCUT2D eigenvalue weighted by molar-refractivity contribution is -0.138. The van der Waals surface area contributed by atoms with Crippen LogP contribution in [0, 0.1) is 17.8 Å². The van der Waals surface area contributed by atoms with Gasteiger partial charge in [0.25, 0.3) is 0 Å². The van der Waals surface area contributed by atoms with E-state index < -0.39 is 115 Å².